The van der Waals surface area contributed by atoms with Crippen molar-refractivity contribution >= 4 is 29.3 Å². The zero-order valence-corrected chi connectivity index (χ0v) is 15.1. The number of thioether (sulfide) groups is 1. The Morgan fingerprint density at radius 3 is 2.46 bits per heavy atom. The molecule has 126 valence electrons. The van der Waals surface area contributed by atoms with Gasteiger partial charge in [0.05, 0.1) is 18.9 Å². The minimum absolute atomic E-state index is 0.0580. The van der Waals surface area contributed by atoms with Gasteiger partial charge in [0.25, 0.3) is 0 Å². The predicted octanol–water partition coefficient (Wildman–Crippen LogP) is 4.71. The Bertz CT molecular complexity index is 684. The number of carbonyl (C=O) groups is 1. The van der Waals surface area contributed by atoms with Gasteiger partial charge >= 0.3 is 0 Å². The summed E-state index contributed by atoms with van der Waals surface area (Å²) >= 11 is 7.49. The zero-order chi connectivity index (χ0) is 16.9. The van der Waals surface area contributed by atoms with Crippen molar-refractivity contribution in [2.24, 2.45) is 5.92 Å². The average Bonchev–Trinajstić information content (AvgIpc) is 3.44. The van der Waals surface area contributed by atoms with E-state index in [4.69, 9.17) is 16.3 Å². The van der Waals surface area contributed by atoms with Gasteiger partial charge in [-0.15, -0.1) is 11.8 Å². The number of hydrogen-bond acceptors (Lipinski definition) is 3. The van der Waals surface area contributed by atoms with E-state index in [1.54, 1.807) is 7.11 Å². The Hall–Kier alpha value is -1.65. The van der Waals surface area contributed by atoms with Gasteiger partial charge in [-0.1, -0.05) is 23.7 Å². The van der Waals surface area contributed by atoms with Crippen LogP contribution in [0.15, 0.2) is 53.4 Å². The lowest BCUT2D eigenvalue weighted by atomic mass is 10.0. The number of ether oxygens (including phenoxy) is 1. The Balaban J connectivity index is 1.56. The van der Waals surface area contributed by atoms with Crippen LogP contribution in [0.1, 0.15) is 24.4 Å². The summed E-state index contributed by atoms with van der Waals surface area (Å²) in [7, 11) is 1.64. The van der Waals surface area contributed by atoms with Crippen LogP contribution in [0.5, 0.6) is 5.75 Å². The van der Waals surface area contributed by atoms with Crippen LogP contribution < -0.4 is 10.1 Å². The number of carbonyl (C=O) groups excluding carboxylic acids is 1. The van der Waals surface area contributed by atoms with Gasteiger partial charge in [-0.2, -0.15) is 0 Å². The van der Waals surface area contributed by atoms with Crippen LogP contribution >= 0.6 is 23.4 Å². The lowest BCUT2D eigenvalue weighted by Crippen LogP contribution is -2.31. The van der Waals surface area contributed by atoms with E-state index in [2.05, 4.69) is 5.32 Å². The van der Waals surface area contributed by atoms with Crippen molar-refractivity contribution < 1.29 is 9.53 Å². The summed E-state index contributed by atoms with van der Waals surface area (Å²) in [4.78, 5) is 13.4. The maximum absolute atomic E-state index is 12.3. The number of benzene rings is 2. The second kappa shape index (κ2) is 7.95. The monoisotopic (exact) mass is 361 g/mol. The van der Waals surface area contributed by atoms with Crippen LogP contribution in [0, 0.1) is 5.92 Å². The third kappa shape index (κ3) is 4.68. The molecule has 2 aromatic rings. The highest BCUT2D eigenvalue weighted by Gasteiger charge is 2.33. The summed E-state index contributed by atoms with van der Waals surface area (Å²) in [5.41, 5.74) is 1.13. The maximum atomic E-state index is 12.3. The third-order valence-electron chi connectivity index (χ3n) is 4.07. The van der Waals surface area contributed by atoms with Gasteiger partial charge < -0.3 is 10.1 Å². The predicted molar refractivity (Wildman–Crippen MR) is 98.8 cm³/mol. The van der Waals surface area contributed by atoms with Gasteiger partial charge in [0.2, 0.25) is 5.91 Å². The van der Waals surface area contributed by atoms with Crippen LogP contribution in [0.25, 0.3) is 0 Å². The normalized spacial score (nSPS) is 14.9. The fourth-order valence-electron chi connectivity index (χ4n) is 2.61. The molecule has 0 radical (unpaired) electrons. The van der Waals surface area contributed by atoms with Gasteiger partial charge in [0.15, 0.2) is 0 Å². The molecule has 0 heterocycles. The van der Waals surface area contributed by atoms with E-state index in [1.165, 1.54) is 24.6 Å². The highest BCUT2D eigenvalue weighted by atomic mass is 35.5. The Morgan fingerprint density at radius 1 is 1.21 bits per heavy atom. The Labute approximate surface area is 151 Å². The van der Waals surface area contributed by atoms with Gasteiger partial charge in [-0.3, -0.25) is 4.79 Å². The molecule has 3 nitrogen and oxygen atoms in total. The van der Waals surface area contributed by atoms with Gasteiger partial charge in [-0.05, 0) is 60.7 Å². The second-order valence-corrected chi connectivity index (χ2v) is 7.38. The summed E-state index contributed by atoms with van der Waals surface area (Å²) in [6.07, 6.45) is 2.33. The largest absolute Gasteiger partial charge is 0.497 e. The topological polar surface area (TPSA) is 38.3 Å². The summed E-state index contributed by atoms with van der Waals surface area (Å²) < 4.78 is 5.14. The molecule has 3 rings (SSSR count). The van der Waals surface area contributed by atoms with E-state index in [0.717, 1.165) is 21.2 Å². The number of nitrogens with one attached hydrogen (secondary N) is 1. The maximum Gasteiger partial charge on any atom is 0.230 e. The highest BCUT2D eigenvalue weighted by Crippen LogP contribution is 2.41. The highest BCUT2D eigenvalue weighted by molar-refractivity contribution is 8.00. The minimum atomic E-state index is 0.0580. The summed E-state index contributed by atoms with van der Waals surface area (Å²) in [5.74, 6) is 1.83. The summed E-state index contributed by atoms with van der Waals surface area (Å²) in [5, 5.41) is 3.90. The van der Waals surface area contributed by atoms with Gasteiger partial charge in [0.1, 0.15) is 5.75 Å². The molecule has 1 fully saturated rings. The molecule has 0 aliphatic heterocycles. The molecule has 0 aromatic heterocycles. The van der Waals surface area contributed by atoms with Crippen LogP contribution in [0.3, 0.4) is 0 Å². The number of halogens is 1. The molecule has 1 amide bonds. The first kappa shape index (κ1) is 17.2. The third-order valence-corrected chi connectivity index (χ3v) is 5.33. The molecule has 1 aliphatic rings. The standard InChI is InChI=1S/C19H20ClNO2S/c1-23-16-8-10-17(11-9-16)24-12-18(22)21-19(13-2-3-13)14-4-6-15(20)7-5-14/h4-11,13,19H,2-3,12H2,1H3,(H,21,22). The summed E-state index contributed by atoms with van der Waals surface area (Å²) in [6, 6.07) is 15.6. The smallest absolute Gasteiger partial charge is 0.230 e. The van der Waals surface area contributed by atoms with Crippen molar-refractivity contribution in [2.45, 2.75) is 23.8 Å². The van der Waals surface area contributed by atoms with E-state index >= 15 is 0 Å². The van der Waals surface area contributed by atoms with Crippen molar-refractivity contribution in [3.8, 4) is 5.75 Å². The van der Waals surface area contributed by atoms with Crippen LogP contribution in [0.4, 0.5) is 0 Å². The molecule has 1 saturated carbocycles. The molecule has 5 heteroatoms. The first-order valence-corrected chi connectivity index (χ1v) is 9.34. The van der Waals surface area contributed by atoms with Crippen molar-refractivity contribution in [1.29, 1.82) is 0 Å². The fraction of sp³-hybridized carbons (Fsp3) is 0.316. The Morgan fingerprint density at radius 2 is 1.88 bits per heavy atom. The van der Waals surface area contributed by atoms with E-state index in [-0.39, 0.29) is 11.9 Å². The molecule has 0 bridgehead atoms. The molecular weight excluding hydrogens is 342 g/mol. The first-order valence-electron chi connectivity index (χ1n) is 7.97. The number of hydrogen-bond donors (Lipinski definition) is 1. The van der Waals surface area contributed by atoms with Crippen LogP contribution in [0.2, 0.25) is 5.02 Å². The second-order valence-electron chi connectivity index (χ2n) is 5.90. The molecular formula is C19H20ClNO2S. The van der Waals surface area contributed by atoms with Gasteiger partial charge in [-0.25, -0.2) is 0 Å². The molecule has 0 spiro atoms. The lowest BCUT2D eigenvalue weighted by molar-refractivity contribution is -0.119. The van der Waals surface area contributed by atoms with Crippen LogP contribution in [-0.4, -0.2) is 18.8 Å². The SMILES string of the molecule is COc1ccc(SCC(=O)NC(c2ccc(Cl)cc2)C2CC2)cc1. The van der Waals surface area contributed by atoms with Crippen molar-refractivity contribution in [2.75, 3.05) is 12.9 Å². The molecule has 1 unspecified atom stereocenters. The molecule has 0 saturated heterocycles. The number of rotatable bonds is 7. The van der Waals surface area contributed by atoms with Crippen molar-refractivity contribution in [1.82, 2.24) is 5.32 Å². The van der Waals surface area contributed by atoms with Crippen LogP contribution in [-0.2, 0) is 4.79 Å². The molecule has 1 N–H and O–H groups in total. The molecule has 24 heavy (non-hydrogen) atoms. The summed E-state index contributed by atoms with van der Waals surface area (Å²) in [6.45, 7) is 0. The van der Waals surface area contributed by atoms with Gasteiger partial charge in [0, 0.05) is 9.92 Å². The number of methoxy groups -OCH3 is 1. The van der Waals surface area contributed by atoms with E-state index < -0.39 is 0 Å². The quantitative estimate of drug-likeness (QED) is 0.726. The molecule has 1 atom stereocenters. The van der Waals surface area contributed by atoms with Crippen molar-refractivity contribution in [3.05, 3.63) is 59.1 Å². The molecule has 1 aliphatic carbocycles. The first-order chi connectivity index (χ1) is 11.7. The van der Waals surface area contributed by atoms with E-state index in [0.29, 0.717) is 11.7 Å². The average molecular weight is 362 g/mol. The minimum Gasteiger partial charge on any atom is -0.497 e. The van der Waals surface area contributed by atoms with E-state index in [1.807, 2.05) is 48.5 Å². The fourth-order valence-corrected chi connectivity index (χ4v) is 3.44. The van der Waals surface area contributed by atoms with E-state index in [9.17, 15) is 4.79 Å². The van der Waals surface area contributed by atoms with Crippen molar-refractivity contribution in [3.63, 3.8) is 0 Å². The zero-order valence-electron chi connectivity index (χ0n) is 13.5. The molecule has 2 aromatic carbocycles. The Kier molecular flexibility index (Phi) is 5.69. The lowest BCUT2D eigenvalue weighted by Gasteiger charge is -2.19. The number of amides is 1.